The Morgan fingerprint density at radius 2 is 0.880 bits per heavy atom. The van der Waals surface area contributed by atoms with E-state index in [2.05, 4.69) is 46.5 Å². The number of hydrogen-bond donors (Lipinski definition) is 8. The molecule has 142 heavy (non-hydrogen) atoms. The number of halogens is 9. The van der Waals surface area contributed by atoms with E-state index in [0.717, 1.165) is 53.0 Å². The number of aryl methyl sites for hydroxylation is 4. The highest BCUT2D eigenvalue weighted by atomic mass is 32.2. The van der Waals surface area contributed by atoms with Crippen LogP contribution in [0, 0.1) is 0 Å². The second kappa shape index (κ2) is 43.8. The molecular formula is C94H89F9N18O19S2. The SMILES string of the molecule is Cn1ccc(-c2cccc(C(=O)Nc3nc4cc(N5CCOCC5=O)ccc4n3CCCO)c2)cc1=O.O=C(Nc1nc2cc(N3CCOCC3=O)ccc2n1CCCO)c1cccc(S(=O)(=O)C(F)(F)F)c1.O=C(Nc1nc2cc(N3CCOCC3=O)ccc2n1CCCO)c1cccc(SC(F)(F)F)c1.O=C1C[C@H](n2c(NC(=O)c3cccc(C(F)(F)F)c3)nc3cc(N4CCCOC4=O)ccc32)CN1. The summed E-state index contributed by atoms with van der Waals surface area (Å²) in [5.41, 5.74) is -2.49. The van der Waals surface area contributed by atoms with Gasteiger partial charge in [-0.1, -0.05) is 30.3 Å². The van der Waals surface area contributed by atoms with Crippen molar-refractivity contribution in [2.75, 3.05) is 140 Å². The molecule has 8 aromatic carbocycles. The van der Waals surface area contributed by atoms with E-state index in [1.165, 1.54) is 45.9 Å². The van der Waals surface area contributed by atoms with E-state index < -0.39 is 61.3 Å². The van der Waals surface area contributed by atoms with Gasteiger partial charge in [0.05, 0.1) is 87.1 Å². The highest BCUT2D eigenvalue weighted by molar-refractivity contribution is 8.00. The van der Waals surface area contributed by atoms with Crippen LogP contribution in [0.3, 0.4) is 0 Å². The van der Waals surface area contributed by atoms with Gasteiger partial charge in [-0.2, -0.15) is 39.5 Å². The fourth-order valence-corrected chi connectivity index (χ4v) is 17.4. The number of carbonyl (C=O) groups excluding carboxylic acids is 9. The van der Waals surface area contributed by atoms with Crippen LogP contribution in [-0.2, 0) is 80.8 Å². The van der Waals surface area contributed by atoms with Crippen LogP contribution in [0.5, 0.6) is 0 Å². The molecule has 0 radical (unpaired) electrons. The van der Waals surface area contributed by atoms with E-state index in [0.29, 0.717) is 177 Å². The number of morpholine rings is 3. The first kappa shape index (κ1) is 101. The number of aliphatic hydroxyl groups is 3. The van der Waals surface area contributed by atoms with Gasteiger partial charge in [-0.15, -0.1) is 0 Å². The number of aliphatic hydroxyl groups excluding tert-OH is 3. The predicted octanol–water partition coefficient (Wildman–Crippen LogP) is 12.1. The Bertz CT molecular complexity index is 7190. The van der Waals surface area contributed by atoms with E-state index >= 15 is 0 Å². The lowest BCUT2D eigenvalue weighted by molar-refractivity contribution is -0.137. The summed E-state index contributed by atoms with van der Waals surface area (Å²) in [4.78, 5) is 148. The first-order chi connectivity index (χ1) is 67.9. The number of rotatable bonds is 25. The van der Waals surface area contributed by atoms with E-state index in [-0.39, 0.29) is 145 Å². The molecule has 744 valence electrons. The van der Waals surface area contributed by atoms with Gasteiger partial charge in [-0.05, 0) is 194 Å². The molecule has 0 saturated carbocycles. The Kier molecular flexibility index (Phi) is 31.3. The second-order valence-electron chi connectivity index (χ2n) is 32.5. The number of ether oxygens (including phenoxy) is 4. The number of pyridine rings is 1. The molecule has 18 rings (SSSR count). The number of fused-ring (bicyclic) bond motifs is 4. The fraction of sp³-hybridized carbons (Fsp3) is 0.298. The zero-order valence-electron chi connectivity index (χ0n) is 75.1. The number of nitrogens with one attached hydrogen (secondary N) is 5. The molecule has 48 heteroatoms. The summed E-state index contributed by atoms with van der Waals surface area (Å²) >= 11 is -0.298. The molecule has 5 aliphatic rings. The third-order valence-corrected chi connectivity index (χ3v) is 25.1. The van der Waals surface area contributed by atoms with Crippen LogP contribution in [0.4, 0.5) is 90.9 Å². The zero-order valence-corrected chi connectivity index (χ0v) is 76.8. The van der Waals surface area contributed by atoms with Gasteiger partial charge in [0.15, 0.2) is 0 Å². The first-order valence-corrected chi connectivity index (χ1v) is 46.4. The Hall–Kier alpha value is -15.0. The number of alkyl halides is 9. The lowest BCUT2D eigenvalue weighted by Gasteiger charge is -2.26. The number of sulfone groups is 1. The van der Waals surface area contributed by atoms with Crippen molar-refractivity contribution < 1.29 is 125 Å². The molecule has 0 spiro atoms. The molecule has 5 aliphatic heterocycles. The van der Waals surface area contributed by atoms with Crippen molar-refractivity contribution >= 4 is 166 Å². The summed E-state index contributed by atoms with van der Waals surface area (Å²) in [5, 5.41) is 41.4. The number of carbonyl (C=O) groups is 9. The molecule has 0 aliphatic carbocycles. The van der Waals surface area contributed by atoms with E-state index in [9.17, 15) is 111 Å². The van der Waals surface area contributed by atoms with Crippen molar-refractivity contribution in [3.8, 4) is 11.1 Å². The highest BCUT2D eigenvalue weighted by Gasteiger charge is 2.47. The van der Waals surface area contributed by atoms with Gasteiger partial charge in [-0.3, -0.25) is 69.3 Å². The first-order valence-electron chi connectivity index (χ1n) is 44.1. The summed E-state index contributed by atoms with van der Waals surface area (Å²) in [5.74, 6) is -2.63. The number of benzene rings is 8. The molecule has 5 fully saturated rings. The van der Waals surface area contributed by atoms with Crippen LogP contribution in [-0.4, -0.2) is 230 Å². The quantitative estimate of drug-likeness (QED) is 0.0195. The molecule has 8 N–H and O–H groups in total. The topological polar surface area (TPSA) is 452 Å². The normalized spacial score (nSPS) is 15.4. The van der Waals surface area contributed by atoms with Crippen molar-refractivity contribution in [2.24, 2.45) is 7.05 Å². The molecule has 13 aromatic rings. The maximum atomic E-state index is 13.2. The lowest BCUT2D eigenvalue weighted by atomic mass is 10.0. The van der Waals surface area contributed by atoms with Crippen molar-refractivity contribution in [1.29, 1.82) is 0 Å². The summed E-state index contributed by atoms with van der Waals surface area (Å²) in [6.45, 7) is 4.42. The van der Waals surface area contributed by atoms with Crippen molar-refractivity contribution in [1.82, 2.24) is 48.1 Å². The largest absolute Gasteiger partial charge is 0.501 e. The van der Waals surface area contributed by atoms with Crippen molar-refractivity contribution in [3.63, 3.8) is 0 Å². The maximum Gasteiger partial charge on any atom is 0.501 e. The number of cyclic esters (lactones) is 1. The minimum Gasteiger partial charge on any atom is -0.449 e. The van der Waals surface area contributed by atoms with E-state index in [1.54, 1.807) is 114 Å². The summed E-state index contributed by atoms with van der Waals surface area (Å²) < 4.78 is 169. The predicted molar refractivity (Wildman–Crippen MR) is 502 cm³/mol. The van der Waals surface area contributed by atoms with Crippen molar-refractivity contribution in [3.05, 3.63) is 226 Å². The molecule has 1 atom stereocenters. The number of aromatic nitrogens is 9. The van der Waals surface area contributed by atoms with E-state index in [4.69, 9.17) is 18.9 Å². The van der Waals surface area contributed by atoms with Gasteiger partial charge < -0.3 is 77.1 Å². The van der Waals surface area contributed by atoms with Crippen LogP contribution in [0.15, 0.2) is 203 Å². The highest BCUT2D eigenvalue weighted by Crippen LogP contribution is 2.40. The standard InChI is InChI=1S/C27H27N5O5.C23H20F3N5O4.C22H21F3N4O6S.C22H21F3N4O4S/c1-30-10-8-19(15-24(30)34)18-4-2-5-20(14-18)26(36)29-27-28-22-16-21(31-11-13-37-17-25(31)35)6-7-23(22)32(27)9-3-12-33;24-23(25,26)14-4-1-3-13(9-14)20(33)29-21-28-17-10-15(30-7-2-8-35-22(30)34)5-6-18(17)31(21)16-11-19(32)27-12-16;23-22(24,25)36(33,34)16-4-1-3-14(11-16)20(32)27-21-26-17-12-15(28-8-10-35-13-19(28)31)5-6-18(17)29(21)7-2-9-30;23-22(24,25)34-16-4-1-3-14(11-16)20(32)27-21-26-17-12-15(28-8-10-33-13-19(28)31)5-6-18(17)29(21)7-2-9-30/h2,4-8,10,14-16,33H,3,9,11-13,17H2,1H3,(H,28,29,36);1,3-6,9-10,16H,2,7-8,11-12H2,(H,27,32)(H,28,29,33);1,3-6,11-12,30H,2,7-10,13H2,(H,26,27,32);1,3-6,11-12,30H,2,7-10,13H2,(H,26,27,32)/t;16-;;/m.0../s1. The Balaban J connectivity index is 0.000000143. The smallest absolute Gasteiger partial charge is 0.449 e. The Morgan fingerprint density at radius 3 is 1.32 bits per heavy atom. The molecule has 5 aromatic heterocycles. The molecular weight excluding hydrogens is 1920 g/mol. The minimum absolute atomic E-state index is 0.00399. The monoisotopic (exact) mass is 2010 g/mol. The molecule has 5 saturated heterocycles. The van der Waals surface area contributed by atoms with E-state index in [1.807, 2.05) is 34.9 Å². The third kappa shape index (κ3) is 23.7. The van der Waals surface area contributed by atoms with Gasteiger partial charge in [0, 0.05) is 148 Å². The molecule has 0 unspecified atom stereocenters. The van der Waals surface area contributed by atoms with Gasteiger partial charge in [0.1, 0.15) is 19.8 Å². The lowest BCUT2D eigenvalue weighted by Crippen LogP contribution is -2.41. The van der Waals surface area contributed by atoms with Crippen molar-refractivity contribution in [2.45, 2.75) is 84.8 Å². The number of anilines is 8. The third-order valence-electron chi connectivity index (χ3n) is 22.9. The average Bonchev–Trinajstić information content (AvgIpc) is 1.64. The summed E-state index contributed by atoms with van der Waals surface area (Å²) in [6.07, 6.45) is -1.36. The minimum atomic E-state index is -5.64. The molecule has 9 amide bonds. The molecule has 37 nitrogen and oxygen atoms in total. The number of imidazole rings is 4. The number of thioether (sulfide) groups is 1. The van der Waals surface area contributed by atoms with Gasteiger partial charge in [-0.25, -0.2) is 33.1 Å². The van der Waals surface area contributed by atoms with Gasteiger partial charge >= 0.3 is 23.3 Å². The zero-order chi connectivity index (χ0) is 101. The maximum absolute atomic E-state index is 13.2. The number of amides is 9. The van der Waals surface area contributed by atoms with Gasteiger partial charge in [0.2, 0.25) is 29.7 Å². The number of hydrogen-bond acceptors (Lipinski definition) is 24. The van der Waals surface area contributed by atoms with Crippen LogP contribution >= 0.6 is 11.8 Å². The van der Waals surface area contributed by atoms with Crippen LogP contribution in [0.2, 0.25) is 0 Å². The molecule has 0 bridgehead atoms. The van der Waals surface area contributed by atoms with Crippen LogP contribution in [0.1, 0.15) is 85.1 Å². The Labute approximate surface area is 804 Å². The summed E-state index contributed by atoms with van der Waals surface area (Å²) in [7, 11) is -3.95. The fourth-order valence-electron chi connectivity index (χ4n) is 16.0. The Morgan fingerprint density at radius 1 is 0.465 bits per heavy atom. The second-order valence-corrected chi connectivity index (χ2v) is 35.5. The average molecular weight is 2010 g/mol. The van der Waals surface area contributed by atoms with Crippen LogP contribution < -0.4 is 51.7 Å². The number of nitrogens with zero attached hydrogens (tertiary/aromatic N) is 13. The van der Waals surface area contributed by atoms with Crippen LogP contribution in [0.25, 0.3) is 55.3 Å². The van der Waals surface area contributed by atoms with Gasteiger partial charge in [0.25, 0.3) is 56.7 Å². The summed E-state index contributed by atoms with van der Waals surface area (Å²) in [6, 6.07) is 43.9. The molecule has 10 heterocycles.